The molecule has 1 aromatic carbocycles. The van der Waals surface area contributed by atoms with E-state index in [-0.39, 0.29) is 22.2 Å². The minimum absolute atomic E-state index is 0.0505. The zero-order chi connectivity index (χ0) is 15.7. The summed E-state index contributed by atoms with van der Waals surface area (Å²) >= 11 is 5.97. The molecule has 0 bridgehead atoms. The van der Waals surface area contributed by atoms with E-state index in [4.69, 9.17) is 22.4 Å². The molecule has 0 heterocycles. The number of halogens is 1. The number of benzene rings is 1. The molecule has 6 heteroatoms. The fourth-order valence-corrected chi connectivity index (χ4v) is 1.49. The number of nitrogens with two attached hydrogens (primary N) is 1. The smallest absolute Gasteiger partial charge is 0.335 e. The largest absolute Gasteiger partial charge is 0.478 e. The molecule has 110 valence electrons. The summed E-state index contributed by atoms with van der Waals surface area (Å²) in [5, 5.41) is 11.9. The summed E-state index contributed by atoms with van der Waals surface area (Å²) in [6.45, 7) is 6.94. The molecule has 0 radical (unpaired) electrons. The molecule has 0 aromatic heterocycles. The summed E-state index contributed by atoms with van der Waals surface area (Å²) in [5.74, 6) is -1.41. The van der Waals surface area contributed by atoms with Crippen molar-refractivity contribution in [3.8, 4) is 0 Å². The van der Waals surface area contributed by atoms with Gasteiger partial charge in [0.2, 0.25) is 5.91 Å². The lowest BCUT2D eigenvalue weighted by Crippen LogP contribution is -2.53. The second kappa shape index (κ2) is 5.42. The van der Waals surface area contributed by atoms with Crippen LogP contribution in [0.2, 0.25) is 5.02 Å². The van der Waals surface area contributed by atoms with Crippen LogP contribution in [0, 0.1) is 5.41 Å². The van der Waals surface area contributed by atoms with Gasteiger partial charge in [-0.25, -0.2) is 4.79 Å². The van der Waals surface area contributed by atoms with Gasteiger partial charge in [-0.2, -0.15) is 0 Å². The number of hydrogen-bond donors (Lipinski definition) is 3. The van der Waals surface area contributed by atoms with Crippen molar-refractivity contribution in [2.24, 2.45) is 11.1 Å². The molecule has 1 amide bonds. The fourth-order valence-electron chi connectivity index (χ4n) is 1.33. The van der Waals surface area contributed by atoms with E-state index in [2.05, 4.69) is 5.32 Å². The first-order chi connectivity index (χ1) is 8.96. The van der Waals surface area contributed by atoms with Crippen molar-refractivity contribution in [1.82, 2.24) is 0 Å². The number of aromatic carboxylic acids is 1. The number of carboxylic acids is 1. The van der Waals surface area contributed by atoms with Crippen LogP contribution in [0.1, 0.15) is 38.1 Å². The number of carbonyl (C=O) groups excluding carboxylic acids is 1. The van der Waals surface area contributed by atoms with Crippen molar-refractivity contribution in [3.05, 3.63) is 28.8 Å². The van der Waals surface area contributed by atoms with Crippen LogP contribution in [0.4, 0.5) is 5.69 Å². The minimum atomic E-state index is -1.09. The van der Waals surface area contributed by atoms with E-state index in [0.717, 1.165) is 0 Å². The molecule has 0 saturated carbocycles. The second-order valence-corrected chi connectivity index (χ2v) is 6.21. The summed E-state index contributed by atoms with van der Waals surface area (Å²) in [6.07, 6.45) is 0. The lowest BCUT2D eigenvalue weighted by molar-refractivity contribution is -0.126. The normalized spacial score (nSPS) is 12.1. The predicted octanol–water partition coefficient (Wildman–Crippen LogP) is 2.74. The van der Waals surface area contributed by atoms with Crippen LogP contribution in [0.15, 0.2) is 18.2 Å². The number of carbonyl (C=O) groups is 2. The number of amides is 1. The molecule has 20 heavy (non-hydrogen) atoms. The fraction of sp³-hybridized carbons (Fsp3) is 0.429. The first-order valence-electron chi connectivity index (χ1n) is 6.10. The number of nitrogens with one attached hydrogen (secondary N) is 1. The highest BCUT2D eigenvalue weighted by molar-refractivity contribution is 6.34. The predicted molar refractivity (Wildman–Crippen MR) is 79.1 cm³/mol. The van der Waals surface area contributed by atoms with E-state index < -0.39 is 16.9 Å². The highest BCUT2D eigenvalue weighted by Crippen LogP contribution is 2.31. The van der Waals surface area contributed by atoms with Crippen LogP contribution < -0.4 is 11.1 Å². The van der Waals surface area contributed by atoms with Gasteiger partial charge in [-0.1, -0.05) is 11.6 Å². The van der Waals surface area contributed by atoms with Gasteiger partial charge < -0.3 is 16.2 Å². The molecule has 0 fully saturated rings. The SMILES string of the molecule is CC(C)(N)C(C)(C)C(=O)Nc1cc(C(=O)O)ccc1Cl. The number of anilines is 1. The van der Waals surface area contributed by atoms with E-state index in [1.54, 1.807) is 27.7 Å². The highest BCUT2D eigenvalue weighted by atomic mass is 35.5. The van der Waals surface area contributed by atoms with Crippen molar-refractivity contribution < 1.29 is 14.7 Å². The van der Waals surface area contributed by atoms with Crippen molar-refractivity contribution in [2.75, 3.05) is 5.32 Å². The molecule has 0 aliphatic carbocycles. The van der Waals surface area contributed by atoms with Gasteiger partial charge in [0.05, 0.1) is 21.7 Å². The maximum Gasteiger partial charge on any atom is 0.335 e. The van der Waals surface area contributed by atoms with Gasteiger partial charge >= 0.3 is 5.97 Å². The molecular weight excluding hydrogens is 280 g/mol. The van der Waals surface area contributed by atoms with Crippen molar-refractivity contribution in [2.45, 2.75) is 33.2 Å². The molecular formula is C14H19ClN2O3. The maximum absolute atomic E-state index is 12.3. The van der Waals surface area contributed by atoms with Crippen LogP contribution in [-0.2, 0) is 4.79 Å². The molecule has 0 spiro atoms. The summed E-state index contributed by atoms with van der Waals surface area (Å²) in [6, 6.07) is 4.13. The molecule has 1 aromatic rings. The Morgan fingerprint density at radius 2 is 1.80 bits per heavy atom. The van der Waals surface area contributed by atoms with Gasteiger partial charge in [0, 0.05) is 5.54 Å². The highest BCUT2D eigenvalue weighted by Gasteiger charge is 2.40. The first kappa shape index (κ1) is 16.5. The third-order valence-corrected chi connectivity index (χ3v) is 3.97. The Labute approximate surface area is 123 Å². The zero-order valence-electron chi connectivity index (χ0n) is 12.0. The maximum atomic E-state index is 12.3. The summed E-state index contributed by atoms with van der Waals surface area (Å²) < 4.78 is 0. The van der Waals surface area contributed by atoms with Crippen LogP contribution in [0.5, 0.6) is 0 Å². The average molecular weight is 299 g/mol. The molecule has 5 nitrogen and oxygen atoms in total. The van der Waals surface area contributed by atoms with Gasteiger partial charge in [0.25, 0.3) is 0 Å². The van der Waals surface area contributed by atoms with Crippen LogP contribution in [0.25, 0.3) is 0 Å². The number of carboxylic acid groups (broad SMARTS) is 1. The van der Waals surface area contributed by atoms with E-state index in [1.807, 2.05) is 0 Å². The zero-order valence-corrected chi connectivity index (χ0v) is 12.7. The average Bonchev–Trinajstić information content (AvgIpc) is 2.29. The van der Waals surface area contributed by atoms with E-state index in [0.29, 0.717) is 0 Å². The Hall–Kier alpha value is -1.59. The van der Waals surface area contributed by atoms with E-state index in [1.165, 1.54) is 18.2 Å². The quantitative estimate of drug-likeness (QED) is 0.797. The number of rotatable bonds is 4. The molecule has 0 unspecified atom stereocenters. The van der Waals surface area contributed by atoms with Crippen LogP contribution in [0.3, 0.4) is 0 Å². The molecule has 0 atom stereocenters. The standard InChI is InChI=1S/C14H19ClN2O3/c1-13(2,14(3,4)16)12(20)17-10-7-8(11(18)19)5-6-9(10)15/h5-7H,16H2,1-4H3,(H,17,20)(H,18,19). The Kier molecular flexibility index (Phi) is 4.46. The Morgan fingerprint density at radius 3 is 2.25 bits per heavy atom. The van der Waals surface area contributed by atoms with E-state index in [9.17, 15) is 9.59 Å². The Balaban J connectivity index is 3.08. The molecule has 1 rings (SSSR count). The molecule has 4 N–H and O–H groups in total. The third-order valence-electron chi connectivity index (χ3n) is 3.64. The van der Waals surface area contributed by atoms with Crippen LogP contribution >= 0.6 is 11.6 Å². The van der Waals surface area contributed by atoms with Gasteiger partial charge in [0.15, 0.2) is 0 Å². The first-order valence-corrected chi connectivity index (χ1v) is 6.48. The van der Waals surface area contributed by atoms with Gasteiger partial charge in [-0.05, 0) is 45.9 Å². The monoisotopic (exact) mass is 298 g/mol. The van der Waals surface area contributed by atoms with Crippen molar-refractivity contribution in [3.63, 3.8) is 0 Å². The van der Waals surface area contributed by atoms with Crippen molar-refractivity contribution in [1.29, 1.82) is 0 Å². The van der Waals surface area contributed by atoms with Crippen LogP contribution in [-0.4, -0.2) is 22.5 Å². The van der Waals surface area contributed by atoms with Gasteiger partial charge in [0.1, 0.15) is 0 Å². The molecule has 0 aliphatic rings. The lowest BCUT2D eigenvalue weighted by atomic mass is 9.74. The topological polar surface area (TPSA) is 92.4 Å². The lowest BCUT2D eigenvalue weighted by Gasteiger charge is -2.36. The Morgan fingerprint density at radius 1 is 1.25 bits per heavy atom. The summed E-state index contributed by atoms with van der Waals surface area (Å²) in [7, 11) is 0. The van der Waals surface area contributed by atoms with Gasteiger partial charge in [-0.15, -0.1) is 0 Å². The molecule has 0 aliphatic heterocycles. The third kappa shape index (κ3) is 3.29. The molecule has 0 saturated heterocycles. The minimum Gasteiger partial charge on any atom is -0.478 e. The van der Waals surface area contributed by atoms with Crippen molar-refractivity contribution >= 4 is 29.2 Å². The summed E-state index contributed by atoms with van der Waals surface area (Å²) in [4.78, 5) is 23.2. The van der Waals surface area contributed by atoms with E-state index >= 15 is 0 Å². The number of hydrogen-bond acceptors (Lipinski definition) is 3. The van der Waals surface area contributed by atoms with Gasteiger partial charge in [-0.3, -0.25) is 4.79 Å². The summed E-state index contributed by atoms with van der Waals surface area (Å²) in [5.41, 5.74) is 4.71. The Bertz CT molecular complexity index is 548. The second-order valence-electron chi connectivity index (χ2n) is 5.80.